The summed E-state index contributed by atoms with van der Waals surface area (Å²) >= 11 is 1.95. The maximum atomic E-state index is 8.88. The Labute approximate surface area is 99.8 Å². The zero-order valence-corrected chi connectivity index (χ0v) is 10.1. The first-order valence-electron chi connectivity index (χ1n) is 5.42. The van der Waals surface area contributed by atoms with Gasteiger partial charge >= 0.3 is 0 Å². The van der Waals surface area contributed by atoms with Gasteiger partial charge in [0.25, 0.3) is 0 Å². The van der Waals surface area contributed by atoms with Gasteiger partial charge in [-0.15, -0.1) is 0 Å². The zero-order valence-electron chi connectivity index (χ0n) is 9.27. The molecular formula is C12H14N2OS. The number of nitrogens with zero attached hydrogens (tertiary/aromatic N) is 2. The van der Waals surface area contributed by atoms with Crippen LogP contribution in [0.5, 0.6) is 5.88 Å². The highest BCUT2D eigenvalue weighted by Crippen LogP contribution is 2.38. The van der Waals surface area contributed by atoms with Crippen molar-refractivity contribution in [1.82, 2.24) is 4.98 Å². The Kier molecular flexibility index (Phi) is 3.68. The fourth-order valence-corrected chi connectivity index (χ4v) is 3.14. The topological polar surface area (TPSA) is 45.9 Å². The van der Waals surface area contributed by atoms with Gasteiger partial charge < -0.3 is 4.74 Å². The number of hydrogen-bond acceptors (Lipinski definition) is 4. The number of pyridine rings is 1. The van der Waals surface area contributed by atoms with Crippen LogP contribution in [0.4, 0.5) is 0 Å². The van der Waals surface area contributed by atoms with Crippen molar-refractivity contribution in [3.05, 3.63) is 23.4 Å². The van der Waals surface area contributed by atoms with Gasteiger partial charge in [0.15, 0.2) is 0 Å². The minimum atomic E-state index is 0.450. The van der Waals surface area contributed by atoms with Crippen LogP contribution in [0.2, 0.25) is 0 Å². The molecule has 0 aromatic carbocycles. The van der Waals surface area contributed by atoms with Gasteiger partial charge in [0, 0.05) is 5.25 Å². The van der Waals surface area contributed by atoms with Gasteiger partial charge in [0.05, 0.1) is 12.8 Å². The van der Waals surface area contributed by atoms with E-state index >= 15 is 0 Å². The number of thioether (sulfide) groups is 1. The van der Waals surface area contributed by atoms with Crippen LogP contribution in [0.25, 0.3) is 0 Å². The number of nitriles is 1. The second kappa shape index (κ2) is 5.22. The van der Waals surface area contributed by atoms with Crippen molar-refractivity contribution in [2.45, 2.75) is 24.5 Å². The highest BCUT2D eigenvalue weighted by Gasteiger charge is 2.18. The van der Waals surface area contributed by atoms with Gasteiger partial charge in [0.1, 0.15) is 11.6 Å². The predicted molar refractivity (Wildman–Crippen MR) is 64.6 cm³/mol. The number of ether oxygens (including phenoxy) is 1. The number of aromatic nitrogens is 1. The molecule has 1 unspecified atom stereocenters. The summed E-state index contributed by atoms with van der Waals surface area (Å²) in [6.07, 6.45) is 3.74. The van der Waals surface area contributed by atoms with Crippen molar-refractivity contribution in [2.24, 2.45) is 0 Å². The Morgan fingerprint density at radius 3 is 3.00 bits per heavy atom. The normalized spacial score (nSPS) is 20.1. The fraction of sp³-hybridized carbons (Fsp3) is 0.500. The van der Waals surface area contributed by atoms with E-state index in [0.29, 0.717) is 16.7 Å². The van der Waals surface area contributed by atoms with Gasteiger partial charge in [-0.05, 0) is 30.7 Å². The lowest BCUT2D eigenvalue weighted by Crippen LogP contribution is -2.05. The molecule has 0 radical (unpaired) electrons. The fourth-order valence-electron chi connectivity index (χ4n) is 1.85. The van der Waals surface area contributed by atoms with Crippen molar-refractivity contribution < 1.29 is 4.74 Å². The summed E-state index contributed by atoms with van der Waals surface area (Å²) in [4.78, 5) is 4.42. The van der Waals surface area contributed by atoms with E-state index in [4.69, 9.17) is 10.00 Å². The second-order valence-corrected chi connectivity index (χ2v) is 5.07. The monoisotopic (exact) mass is 234 g/mol. The van der Waals surface area contributed by atoms with Crippen LogP contribution < -0.4 is 4.74 Å². The van der Waals surface area contributed by atoms with Crippen LogP contribution in [-0.4, -0.2) is 17.8 Å². The van der Waals surface area contributed by atoms with Gasteiger partial charge in [-0.25, -0.2) is 4.98 Å². The van der Waals surface area contributed by atoms with Crippen LogP contribution in [0.15, 0.2) is 12.1 Å². The average Bonchev–Trinajstić information content (AvgIpc) is 2.39. The SMILES string of the molecule is COc1nc(C2CCCCS2)ccc1C#N. The zero-order chi connectivity index (χ0) is 11.4. The van der Waals surface area contributed by atoms with E-state index in [9.17, 15) is 0 Å². The van der Waals surface area contributed by atoms with Gasteiger partial charge in [-0.3, -0.25) is 0 Å². The molecule has 1 aliphatic rings. The van der Waals surface area contributed by atoms with Crippen molar-refractivity contribution in [3.63, 3.8) is 0 Å². The van der Waals surface area contributed by atoms with Gasteiger partial charge in [0.2, 0.25) is 5.88 Å². The van der Waals surface area contributed by atoms with E-state index in [0.717, 1.165) is 5.69 Å². The first kappa shape index (κ1) is 11.3. The summed E-state index contributed by atoms with van der Waals surface area (Å²) < 4.78 is 5.12. The van der Waals surface area contributed by atoms with E-state index in [1.54, 1.807) is 13.2 Å². The molecule has 0 amide bonds. The summed E-state index contributed by atoms with van der Waals surface area (Å²) in [5.74, 6) is 1.65. The number of hydrogen-bond donors (Lipinski definition) is 0. The molecule has 0 aliphatic carbocycles. The Bertz CT molecular complexity index is 408. The molecule has 4 heteroatoms. The maximum Gasteiger partial charge on any atom is 0.231 e. The van der Waals surface area contributed by atoms with Crippen LogP contribution in [0.3, 0.4) is 0 Å². The Morgan fingerprint density at radius 2 is 2.38 bits per heavy atom. The molecule has 84 valence electrons. The molecule has 1 saturated heterocycles. The van der Waals surface area contributed by atoms with E-state index < -0.39 is 0 Å². The standard InChI is InChI=1S/C12H14N2OS/c1-15-12-9(8-13)5-6-10(14-12)11-4-2-3-7-16-11/h5-6,11H,2-4,7H2,1H3. The minimum Gasteiger partial charge on any atom is -0.480 e. The third-order valence-corrected chi connectivity index (χ3v) is 4.11. The summed E-state index contributed by atoms with van der Waals surface area (Å²) in [6.45, 7) is 0. The largest absolute Gasteiger partial charge is 0.480 e. The lowest BCUT2D eigenvalue weighted by molar-refractivity contribution is 0.394. The van der Waals surface area contributed by atoms with Gasteiger partial charge in [-0.1, -0.05) is 6.42 Å². The van der Waals surface area contributed by atoms with Crippen LogP contribution in [0.1, 0.15) is 35.8 Å². The van der Waals surface area contributed by atoms with Crippen molar-refractivity contribution in [2.75, 3.05) is 12.9 Å². The van der Waals surface area contributed by atoms with Crippen LogP contribution in [0, 0.1) is 11.3 Å². The molecule has 3 nitrogen and oxygen atoms in total. The Hall–Kier alpha value is -1.21. The maximum absolute atomic E-state index is 8.88. The molecule has 0 spiro atoms. The highest BCUT2D eigenvalue weighted by atomic mass is 32.2. The van der Waals surface area contributed by atoms with Crippen molar-refractivity contribution >= 4 is 11.8 Å². The lowest BCUT2D eigenvalue weighted by atomic mass is 10.1. The average molecular weight is 234 g/mol. The molecule has 2 heterocycles. The number of methoxy groups -OCH3 is 1. The van der Waals surface area contributed by atoms with Gasteiger partial charge in [-0.2, -0.15) is 17.0 Å². The first-order chi connectivity index (χ1) is 7.85. The van der Waals surface area contributed by atoms with E-state index in [1.807, 2.05) is 17.8 Å². The van der Waals surface area contributed by atoms with Crippen molar-refractivity contribution in [3.8, 4) is 11.9 Å². The molecule has 1 fully saturated rings. The van der Waals surface area contributed by atoms with Crippen LogP contribution >= 0.6 is 11.8 Å². The molecule has 1 aromatic heterocycles. The number of rotatable bonds is 2. The summed E-state index contributed by atoms with van der Waals surface area (Å²) in [7, 11) is 1.56. The first-order valence-corrected chi connectivity index (χ1v) is 6.46. The second-order valence-electron chi connectivity index (χ2n) is 3.76. The van der Waals surface area contributed by atoms with E-state index in [1.165, 1.54) is 25.0 Å². The molecule has 0 saturated carbocycles. The van der Waals surface area contributed by atoms with E-state index in [2.05, 4.69) is 11.1 Å². The third-order valence-electron chi connectivity index (χ3n) is 2.71. The molecule has 1 aromatic rings. The molecular weight excluding hydrogens is 220 g/mol. The van der Waals surface area contributed by atoms with Crippen molar-refractivity contribution in [1.29, 1.82) is 5.26 Å². The molecule has 1 atom stereocenters. The molecule has 16 heavy (non-hydrogen) atoms. The van der Waals surface area contributed by atoms with E-state index in [-0.39, 0.29) is 0 Å². The quantitative estimate of drug-likeness (QED) is 0.789. The summed E-state index contributed by atoms with van der Waals surface area (Å²) in [6, 6.07) is 5.83. The molecule has 0 N–H and O–H groups in total. The molecule has 0 bridgehead atoms. The third kappa shape index (κ3) is 2.30. The molecule has 2 rings (SSSR count). The predicted octanol–water partition coefficient (Wildman–Crippen LogP) is 2.92. The molecule has 1 aliphatic heterocycles. The highest BCUT2D eigenvalue weighted by molar-refractivity contribution is 7.99. The summed E-state index contributed by atoms with van der Waals surface area (Å²) in [5, 5.41) is 9.34. The smallest absolute Gasteiger partial charge is 0.231 e. The minimum absolute atomic E-state index is 0.450. The van der Waals surface area contributed by atoms with Crippen LogP contribution in [-0.2, 0) is 0 Å². The lowest BCUT2D eigenvalue weighted by Gasteiger charge is -2.21. The Balaban J connectivity index is 2.25. The summed E-state index contributed by atoms with van der Waals surface area (Å²) in [5.41, 5.74) is 1.55. The Morgan fingerprint density at radius 1 is 1.50 bits per heavy atom.